The summed E-state index contributed by atoms with van der Waals surface area (Å²) in [6.07, 6.45) is 4.26. The van der Waals surface area contributed by atoms with Crippen LogP contribution in [0, 0.1) is 5.92 Å². The van der Waals surface area contributed by atoms with E-state index >= 15 is 0 Å². The molecule has 4 rings (SSSR count). The van der Waals surface area contributed by atoms with Crippen LogP contribution in [0.3, 0.4) is 0 Å². The van der Waals surface area contributed by atoms with Crippen molar-refractivity contribution >= 4 is 39.6 Å². The Morgan fingerprint density at radius 1 is 1.19 bits per heavy atom. The predicted molar refractivity (Wildman–Crippen MR) is 128 cm³/mol. The van der Waals surface area contributed by atoms with Gasteiger partial charge in [0.15, 0.2) is 5.13 Å². The maximum absolute atomic E-state index is 11.9. The molecule has 0 unspecified atom stereocenters. The molecule has 0 saturated carbocycles. The van der Waals surface area contributed by atoms with E-state index in [0.717, 1.165) is 33.0 Å². The molecule has 0 aliphatic rings. The van der Waals surface area contributed by atoms with Crippen molar-refractivity contribution in [3.63, 3.8) is 0 Å². The Labute approximate surface area is 193 Å². The third-order valence-electron chi connectivity index (χ3n) is 4.66. The summed E-state index contributed by atoms with van der Waals surface area (Å²) < 4.78 is 5.15. The highest BCUT2D eigenvalue weighted by Gasteiger charge is 2.19. The van der Waals surface area contributed by atoms with Gasteiger partial charge in [-0.25, -0.2) is 19.7 Å². The van der Waals surface area contributed by atoms with Crippen LogP contribution in [-0.4, -0.2) is 33.1 Å². The first kappa shape index (κ1) is 21.9. The molecule has 0 aliphatic carbocycles. The molecule has 0 radical (unpaired) electrons. The standard InChI is InChI=1S/C23H22N4O3S2/c1-13(2)9-18-20(14-6-7-19(30-3)24-11-14)26-23(32-18)27-21-16(22(28)29)10-15(12-25-21)17-5-4-8-31-17/h4-8,10-13H,9H2,1-3H3,(H,28,29)(H,25,26,27). The van der Waals surface area contributed by atoms with Crippen LogP contribution in [0.1, 0.15) is 29.1 Å². The van der Waals surface area contributed by atoms with Gasteiger partial charge in [-0.05, 0) is 35.9 Å². The number of carboxylic acid groups (broad SMARTS) is 1. The first-order valence-electron chi connectivity index (χ1n) is 9.99. The number of hydrogen-bond donors (Lipinski definition) is 2. The summed E-state index contributed by atoms with van der Waals surface area (Å²) in [5.74, 6) is 0.193. The second-order valence-electron chi connectivity index (χ2n) is 7.51. The summed E-state index contributed by atoms with van der Waals surface area (Å²) in [7, 11) is 1.58. The minimum Gasteiger partial charge on any atom is -0.481 e. The third kappa shape index (κ3) is 4.79. The lowest BCUT2D eigenvalue weighted by molar-refractivity contribution is 0.0697. The summed E-state index contributed by atoms with van der Waals surface area (Å²) in [5.41, 5.74) is 2.58. The van der Waals surface area contributed by atoms with E-state index in [2.05, 4.69) is 29.1 Å². The van der Waals surface area contributed by atoms with E-state index in [0.29, 0.717) is 16.9 Å². The van der Waals surface area contributed by atoms with Crippen molar-refractivity contribution in [3.8, 4) is 27.6 Å². The molecule has 7 nitrogen and oxygen atoms in total. The number of nitrogens with zero attached hydrogens (tertiary/aromatic N) is 3. The molecule has 4 aromatic heterocycles. The van der Waals surface area contributed by atoms with Gasteiger partial charge in [0.25, 0.3) is 0 Å². The quantitative estimate of drug-likeness (QED) is 0.330. The number of thiazole rings is 1. The van der Waals surface area contributed by atoms with Crippen molar-refractivity contribution in [2.75, 3.05) is 12.4 Å². The van der Waals surface area contributed by atoms with Crippen molar-refractivity contribution in [1.82, 2.24) is 15.0 Å². The lowest BCUT2D eigenvalue weighted by Gasteiger charge is -2.07. The molecule has 0 fully saturated rings. The van der Waals surface area contributed by atoms with Crippen molar-refractivity contribution < 1.29 is 14.6 Å². The Hall–Kier alpha value is -3.30. The average Bonchev–Trinajstić information content (AvgIpc) is 3.44. The zero-order valence-corrected chi connectivity index (χ0v) is 19.5. The van der Waals surface area contributed by atoms with Crippen LogP contribution >= 0.6 is 22.7 Å². The molecule has 32 heavy (non-hydrogen) atoms. The van der Waals surface area contributed by atoms with E-state index in [1.54, 1.807) is 31.6 Å². The number of pyridine rings is 2. The maximum atomic E-state index is 11.9. The van der Waals surface area contributed by atoms with Crippen LogP contribution in [0.2, 0.25) is 0 Å². The zero-order chi connectivity index (χ0) is 22.7. The van der Waals surface area contributed by atoms with Crippen LogP contribution < -0.4 is 10.1 Å². The first-order valence-corrected chi connectivity index (χ1v) is 11.7. The molecular weight excluding hydrogens is 444 g/mol. The summed E-state index contributed by atoms with van der Waals surface area (Å²) in [4.78, 5) is 27.4. The highest BCUT2D eigenvalue weighted by Crippen LogP contribution is 2.35. The van der Waals surface area contributed by atoms with Gasteiger partial charge in [-0.1, -0.05) is 19.9 Å². The number of aromatic nitrogens is 3. The number of anilines is 2. The van der Waals surface area contributed by atoms with E-state index in [4.69, 9.17) is 9.72 Å². The van der Waals surface area contributed by atoms with Gasteiger partial charge in [0.05, 0.1) is 12.8 Å². The molecule has 4 aromatic rings. The molecule has 0 aromatic carbocycles. The number of ether oxygens (including phenoxy) is 1. The van der Waals surface area contributed by atoms with Crippen molar-refractivity contribution in [1.29, 1.82) is 0 Å². The molecule has 2 N–H and O–H groups in total. The molecule has 0 spiro atoms. The summed E-state index contributed by atoms with van der Waals surface area (Å²) >= 11 is 3.04. The van der Waals surface area contributed by atoms with Gasteiger partial charge in [-0.15, -0.1) is 22.7 Å². The average molecular weight is 467 g/mol. The molecule has 0 bridgehead atoms. The molecule has 0 atom stereocenters. The van der Waals surface area contributed by atoms with Crippen LogP contribution in [0.25, 0.3) is 21.7 Å². The maximum Gasteiger partial charge on any atom is 0.339 e. The topological polar surface area (TPSA) is 97.2 Å². The van der Waals surface area contributed by atoms with Crippen molar-refractivity contribution in [2.24, 2.45) is 5.92 Å². The number of rotatable bonds is 8. The zero-order valence-electron chi connectivity index (χ0n) is 17.8. The summed E-state index contributed by atoms with van der Waals surface area (Å²) in [5, 5.41) is 15.4. The van der Waals surface area contributed by atoms with Gasteiger partial charge in [0.1, 0.15) is 11.4 Å². The highest BCUT2D eigenvalue weighted by atomic mass is 32.1. The molecule has 0 aliphatic heterocycles. The Morgan fingerprint density at radius 3 is 2.62 bits per heavy atom. The van der Waals surface area contributed by atoms with Gasteiger partial charge in [0, 0.05) is 39.3 Å². The van der Waals surface area contributed by atoms with E-state index in [9.17, 15) is 9.90 Å². The lowest BCUT2D eigenvalue weighted by atomic mass is 10.1. The first-order chi connectivity index (χ1) is 15.4. The fourth-order valence-electron chi connectivity index (χ4n) is 3.19. The van der Waals surface area contributed by atoms with Crippen LogP contribution in [-0.2, 0) is 6.42 Å². The van der Waals surface area contributed by atoms with Crippen LogP contribution in [0.4, 0.5) is 10.9 Å². The predicted octanol–water partition coefficient (Wildman–Crippen LogP) is 5.98. The Morgan fingerprint density at radius 2 is 2.00 bits per heavy atom. The second-order valence-corrected chi connectivity index (χ2v) is 9.54. The van der Waals surface area contributed by atoms with E-state index in [1.165, 1.54) is 22.7 Å². The van der Waals surface area contributed by atoms with Crippen molar-refractivity contribution in [3.05, 3.63) is 58.5 Å². The normalized spacial score (nSPS) is 11.0. The van der Waals surface area contributed by atoms with E-state index in [-0.39, 0.29) is 11.4 Å². The number of carbonyl (C=O) groups is 1. The van der Waals surface area contributed by atoms with E-state index in [1.807, 2.05) is 23.6 Å². The van der Waals surface area contributed by atoms with Gasteiger partial charge in [-0.3, -0.25) is 0 Å². The molecule has 9 heteroatoms. The second kappa shape index (κ2) is 9.46. The van der Waals surface area contributed by atoms with Gasteiger partial charge >= 0.3 is 5.97 Å². The smallest absolute Gasteiger partial charge is 0.339 e. The number of thiophene rings is 1. The Balaban J connectivity index is 1.69. The number of nitrogens with one attached hydrogen (secondary N) is 1. The summed E-state index contributed by atoms with van der Waals surface area (Å²) in [6, 6.07) is 9.22. The van der Waals surface area contributed by atoms with Gasteiger partial charge in [-0.2, -0.15) is 0 Å². The Kier molecular flexibility index (Phi) is 6.48. The monoisotopic (exact) mass is 466 g/mol. The lowest BCUT2D eigenvalue weighted by Crippen LogP contribution is -2.05. The van der Waals surface area contributed by atoms with Gasteiger partial charge < -0.3 is 15.2 Å². The number of aromatic carboxylic acids is 1. The summed E-state index contributed by atoms with van der Waals surface area (Å²) in [6.45, 7) is 4.30. The SMILES string of the molecule is COc1ccc(-c2nc(Nc3ncc(-c4cccs4)cc3C(=O)O)sc2CC(C)C)cn1. The number of carboxylic acids is 1. The minimum absolute atomic E-state index is 0.101. The minimum atomic E-state index is -1.04. The van der Waals surface area contributed by atoms with Gasteiger partial charge in [0.2, 0.25) is 5.88 Å². The molecule has 4 heterocycles. The van der Waals surface area contributed by atoms with Crippen molar-refractivity contribution in [2.45, 2.75) is 20.3 Å². The fourth-order valence-corrected chi connectivity index (χ4v) is 5.09. The highest BCUT2D eigenvalue weighted by molar-refractivity contribution is 7.16. The van der Waals surface area contributed by atoms with Crippen LogP contribution in [0.15, 0.2) is 48.1 Å². The largest absolute Gasteiger partial charge is 0.481 e. The third-order valence-corrected chi connectivity index (χ3v) is 6.57. The molecular formula is C23H22N4O3S2. The van der Waals surface area contributed by atoms with Crippen LogP contribution in [0.5, 0.6) is 5.88 Å². The molecule has 0 amide bonds. The number of methoxy groups -OCH3 is 1. The Bertz CT molecular complexity index is 1220. The number of hydrogen-bond acceptors (Lipinski definition) is 8. The molecule has 164 valence electrons. The fraction of sp³-hybridized carbons (Fsp3) is 0.217. The van der Waals surface area contributed by atoms with E-state index < -0.39 is 5.97 Å². The molecule has 0 saturated heterocycles.